The van der Waals surface area contributed by atoms with Gasteiger partial charge < -0.3 is 25.4 Å². The fraction of sp³-hybridized carbons (Fsp3) is 0.429. The Kier molecular flexibility index (Phi) is 6.64. The van der Waals surface area contributed by atoms with E-state index < -0.39 is 24.2 Å². The largest absolute Gasteiger partial charge is 0.494 e. The third kappa shape index (κ3) is 5.80. The van der Waals surface area contributed by atoms with Crippen LogP contribution in [0.15, 0.2) is 24.3 Å². The van der Waals surface area contributed by atoms with Crippen LogP contribution >= 0.6 is 0 Å². The van der Waals surface area contributed by atoms with Crippen LogP contribution in [0, 0.1) is 0 Å². The second-order valence-corrected chi connectivity index (χ2v) is 4.47. The van der Waals surface area contributed by atoms with Crippen LogP contribution in [0.5, 0.6) is 5.75 Å². The van der Waals surface area contributed by atoms with Crippen LogP contribution in [0.2, 0.25) is 0 Å². The molecule has 21 heavy (non-hydrogen) atoms. The number of hydrogen-bond donors (Lipinski definition) is 4. The van der Waals surface area contributed by atoms with Crippen molar-refractivity contribution in [1.82, 2.24) is 5.32 Å². The van der Waals surface area contributed by atoms with Gasteiger partial charge >= 0.3 is 5.97 Å². The fourth-order valence-electron chi connectivity index (χ4n) is 1.62. The van der Waals surface area contributed by atoms with E-state index in [2.05, 4.69) is 0 Å². The number of benzene rings is 1. The first-order valence-electron chi connectivity index (χ1n) is 6.55. The first-order chi connectivity index (χ1) is 9.93. The van der Waals surface area contributed by atoms with E-state index in [1.54, 1.807) is 24.3 Å². The minimum absolute atomic E-state index is 0.0296. The average Bonchev–Trinajstić information content (AvgIpc) is 2.45. The van der Waals surface area contributed by atoms with Gasteiger partial charge in [0.15, 0.2) is 0 Å². The molecule has 0 spiro atoms. The molecular weight excluding hydrogens is 278 g/mol. The number of carboxylic acid groups (broad SMARTS) is 1. The zero-order valence-electron chi connectivity index (χ0n) is 11.7. The number of carbonyl (C=O) groups excluding carboxylic acids is 1. The third-order valence-electron chi connectivity index (χ3n) is 2.69. The molecule has 1 aromatic carbocycles. The van der Waals surface area contributed by atoms with E-state index in [4.69, 9.17) is 20.1 Å². The van der Waals surface area contributed by atoms with Crippen molar-refractivity contribution in [3.05, 3.63) is 29.8 Å². The Morgan fingerprint density at radius 1 is 1.24 bits per heavy atom. The summed E-state index contributed by atoms with van der Waals surface area (Å²) in [6.45, 7) is 2.59. The second kappa shape index (κ2) is 8.23. The molecule has 0 bridgehead atoms. The summed E-state index contributed by atoms with van der Waals surface area (Å²) in [5, 5.41) is 28.4. The molecule has 116 valence electrons. The maximum Gasteiger partial charge on any atom is 0.326 e. The summed E-state index contributed by atoms with van der Waals surface area (Å²) in [4.78, 5) is 22.2. The second-order valence-electron chi connectivity index (χ2n) is 4.47. The van der Waals surface area contributed by atoms with Crippen molar-refractivity contribution in [2.45, 2.75) is 32.1 Å². The van der Waals surface area contributed by atoms with E-state index in [1.165, 1.54) is 0 Å². The molecule has 1 unspecified atom stereocenters. The number of aliphatic hydroxyl groups is 2. The monoisotopic (exact) mass is 297 g/mol. The number of nitrogens with one attached hydrogen (secondary N) is 1. The van der Waals surface area contributed by atoms with Gasteiger partial charge in [0, 0.05) is 6.42 Å². The highest BCUT2D eigenvalue weighted by Gasteiger charge is 2.23. The van der Waals surface area contributed by atoms with Crippen LogP contribution in [0.4, 0.5) is 0 Å². The number of carboxylic acids is 1. The third-order valence-corrected chi connectivity index (χ3v) is 2.69. The normalized spacial score (nSPS) is 12.0. The van der Waals surface area contributed by atoms with Gasteiger partial charge in [0.1, 0.15) is 11.8 Å². The molecule has 1 rings (SSSR count). The molecule has 0 fully saturated rings. The molecule has 4 N–H and O–H groups in total. The molecule has 0 heterocycles. The first-order valence-corrected chi connectivity index (χ1v) is 6.55. The lowest BCUT2D eigenvalue weighted by Crippen LogP contribution is -2.46. The van der Waals surface area contributed by atoms with Gasteiger partial charge in [-0.1, -0.05) is 19.1 Å². The lowest BCUT2D eigenvalue weighted by atomic mass is 10.1. The molecule has 0 saturated carbocycles. The lowest BCUT2D eigenvalue weighted by molar-refractivity contribution is -0.152. The fourth-order valence-corrected chi connectivity index (χ4v) is 1.62. The Morgan fingerprint density at radius 3 is 2.33 bits per heavy atom. The average molecular weight is 297 g/mol. The van der Waals surface area contributed by atoms with E-state index in [9.17, 15) is 9.59 Å². The summed E-state index contributed by atoms with van der Waals surface area (Å²) >= 11 is 0. The van der Waals surface area contributed by atoms with Crippen LogP contribution in [0.25, 0.3) is 0 Å². The summed E-state index contributed by atoms with van der Waals surface area (Å²) < 4.78 is 5.41. The predicted molar refractivity (Wildman–Crippen MR) is 73.7 cm³/mol. The minimum atomic E-state index is -2.24. The molecule has 0 saturated heterocycles. The summed E-state index contributed by atoms with van der Waals surface area (Å²) in [7, 11) is 0. The summed E-state index contributed by atoms with van der Waals surface area (Å²) in [5.41, 5.74) is 0.680. The Balaban J connectivity index is 2.66. The molecule has 7 nitrogen and oxygen atoms in total. The van der Waals surface area contributed by atoms with Crippen LogP contribution < -0.4 is 10.1 Å². The Bertz CT molecular complexity index is 471. The number of aliphatic carboxylic acids is 1. The molecule has 1 aromatic rings. The predicted octanol–water partition coefficient (Wildman–Crippen LogP) is -0.102. The molecule has 0 aromatic heterocycles. The number of ether oxygens (including phenoxy) is 1. The molecule has 1 atom stereocenters. The van der Waals surface area contributed by atoms with Gasteiger partial charge in [-0.05, 0) is 24.1 Å². The number of carbonyl (C=O) groups is 2. The smallest absolute Gasteiger partial charge is 0.326 e. The van der Waals surface area contributed by atoms with Crippen molar-refractivity contribution in [3.8, 4) is 5.75 Å². The van der Waals surface area contributed by atoms with Crippen molar-refractivity contribution in [2.24, 2.45) is 0 Å². The topological polar surface area (TPSA) is 116 Å². The molecule has 0 aliphatic carbocycles. The molecule has 1 amide bonds. The van der Waals surface area contributed by atoms with Crippen molar-refractivity contribution in [1.29, 1.82) is 0 Å². The van der Waals surface area contributed by atoms with Crippen LogP contribution in [0.1, 0.15) is 18.9 Å². The maximum atomic E-state index is 11.1. The maximum absolute atomic E-state index is 11.1. The van der Waals surface area contributed by atoms with Crippen molar-refractivity contribution < 1.29 is 29.6 Å². The molecule has 0 aliphatic rings. The van der Waals surface area contributed by atoms with Crippen molar-refractivity contribution >= 4 is 11.9 Å². The molecular formula is C14H19NO6. The number of aliphatic hydroxyl groups excluding tert-OH is 1. The summed E-state index contributed by atoms with van der Waals surface area (Å²) in [6.07, 6.45) is -1.32. The zero-order chi connectivity index (χ0) is 15.8. The highest BCUT2D eigenvalue weighted by atomic mass is 16.5. The van der Waals surface area contributed by atoms with E-state index in [-0.39, 0.29) is 6.42 Å². The van der Waals surface area contributed by atoms with Gasteiger partial charge in [-0.15, -0.1) is 0 Å². The quantitative estimate of drug-likeness (QED) is 0.498. The van der Waals surface area contributed by atoms with Crippen LogP contribution in [-0.2, 0) is 16.0 Å². The van der Waals surface area contributed by atoms with Crippen LogP contribution in [-0.4, -0.2) is 46.1 Å². The summed E-state index contributed by atoms with van der Waals surface area (Å²) in [5.74, 6) is -1.72. The van der Waals surface area contributed by atoms with E-state index in [1.807, 2.05) is 12.2 Å². The summed E-state index contributed by atoms with van der Waals surface area (Å²) in [6, 6.07) is 5.59. The van der Waals surface area contributed by atoms with Gasteiger partial charge in [-0.2, -0.15) is 0 Å². The van der Waals surface area contributed by atoms with Gasteiger partial charge in [0.25, 0.3) is 5.91 Å². The van der Waals surface area contributed by atoms with Gasteiger partial charge in [0.2, 0.25) is 6.29 Å². The van der Waals surface area contributed by atoms with Gasteiger partial charge in [-0.25, -0.2) is 4.79 Å². The minimum Gasteiger partial charge on any atom is -0.494 e. The lowest BCUT2D eigenvalue weighted by Gasteiger charge is -2.15. The van der Waals surface area contributed by atoms with Gasteiger partial charge in [0.05, 0.1) is 6.61 Å². The van der Waals surface area contributed by atoms with E-state index in [0.717, 1.165) is 6.42 Å². The highest BCUT2D eigenvalue weighted by molar-refractivity contribution is 5.85. The number of rotatable bonds is 8. The molecule has 7 heteroatoms. The standard InChI is InChI=1S/C14H19NO6/c1-2-7-21-10-5-3-9(4-6-10)8-11(13(17)18)15-12(16)14(19)20/h3-6,11,14,19-20H,2,7-8H2,1H3,(H,15,16)(H,17,18). The van der Waals surface area contributed by atoms with Crippen molar-refractivity contribution in [2.75, 3.05) is 6.61 Å². The van der Waals surface area contributed by atoms with Crippen molar-refractivity contribution in [3.63, 3.8) is 0 Å². The van der Waals surface area contributed by atoms with Gasteiger partial charge in [-0.3, -0.25) is 4.79 Å². The highest BCUT2D eigenvalue weighted by Crippen LogP contribution is 2.14. The zero-order valence-corrected chi connectivity index (χ0v) is 11.7. The molecule has 0 radical (unpaired) electrons. The van der Waals surface area contributed by atoms with E-state index >= 15 is 0 Å². The Hall–Kier alpha value is -2.12. The van der Waals surface area contributed by atoms with Crippen LogP contribution in [0.3, 0.4) is 0 Å². The molecule has 0 aliphatic heterocycles. The van der Waals surface area contributed by atoms with E-state index in [0.29, 0.717) is 17.9 Å². The Morgan fingerprint density at radius 2 is 1.86 bits per heavy atom. The SMILES string of the molecule is CCCOc1ccc(CC(NC(=O)C(O)O)C(=O)O)cc1. The first kappa shape index (κ1) is 16.9. The number of hydrogen-bond acceptors (Lipinski definition) is 5. The number of amides is 1. The Labute approximate surface area is 122 Å².